The van der Waals surface area contributed by atoms with E-state index in [1.807, 2.05) is 6.92 Å². The van der Waals surface area contributed by atoms with Crippen LogP contribution in [0.5, 0.6) is 0 Å². The van der Waals surface area contributed by atoms with Gasteiger partial charge in [0.1, 0.15) is 0 Å². The highest BCUT2D eigenvalue weighted by Gasteiger charge is 2.33. The Morgan fingerprint density at radius 3 is 2.62 bits per heavy atom. The SMILES string of the molecule is C[C@@H]1Cc2cc(C(=O)N(C)Cc3cc([N+](=O)[O-])ccc3Cl)ccc2N1S(C)(=O)=O. The van der Waals surface area contributed by atoms with Gasteiger partial charge in [0.15, 0.2) is 0 Å². The van der Waals surface area contributed by atoms with E-state index >= 15 is 0 Å². The zero-order valence-electron chi connectivity index (χ0n) is 16.1. The molecule has 0 spiro atoms. The smallest absolute Gasteiger partial charge is 0.269 e. The predicted octanol–water partition coefficient (Wildman–Crippen LogP) is 3.23. The minimum Gasteiger partial charge on any atom is -0.337 e. The average Bonchev–Trinajstić information content (AvgIpc) is 2.97. The number of carbonyl (C=O) groups is 1. The largest absolute Gasteiger partial charge is 0.337 e. The van der Waals surface area contributed by atoms with Crippen molar-refractivity contribution in [2.45, 2.75) is 25.9 Å². The molecule has 1 atom stereocenters. The highest BCUT2D eigenvalue weighted by molar-refractivity contribution is 7.92. The molecule has 0 aromatic heterocycles. The zero-order valence-corrected chi connectivity index (χ0v) is 17.7. The van der Waals surface area contributed by atoms with Crippen molar-refractivity contribution in [1.82, 2.24) is 4.90 Å². The molecule has 0 radical (unpaired) electrons. The van der Waals surface area contributed by atoms with E-state index in [9.17, 15) is 23.3 Å². The highest BCUT2D eigenvalue weighted by atomic mass is 35.5. The molecular formula is C19H20ClN3O5S. The molecular weight excluding hydrogens is 418 g/mol. The first kappa shape index (κ1) is 21.1. The summed E-state index contributed by atoms with van der Waals surface area (Å²) in [6.07, 6.45) is 1.68. The summed E-state index contributed by atoms with van der Waals surface area (Å²) in [6, 6.07) is 8.80. The Hall–Kier alpha value is -2.65. The van der Waals surface area contributed by atoms with E-state index in [4.69, 9.17) is 11.6 Å². The van der Waals surface area contributed by atoms with Crippen LogP contribution in [-0.2, 0) is 23.0 Å². The number of non-ortho nitro benzene ring substituents is 1. The fraction of sp³-hybridized carbons (Fsp3) is 0.316. The summed E-state index contributed by atoms with van der Waals surface area (Å²) >= 11 is 6.12. The van der Waals surface area contributed by atoms with Gasteiger partial charge in [0.25, 0.3) is 11.6 Å². The number of amides is 1. The van der Waals surface area contributed by atoms with Crippen molar-refractivity contribution in [2.75, 3.05) is 17.6 Å². The van der Waals surface area contributed by atoms with E-state index in [0.29, 0.717) is 28.3 Å². The Morgan fingerprint density at radius 1 is 1.31 bits per heavy atom. The van der Waals surface area contributed by atoms with Crippen LogP contribution in [0.4, 0.5) is 11.4 Å². The third-order valence-electron chi connectivity index (χ3n) is 4.83. The molecule has 0 aliphatic carbocycles. The summed E-state index contributed by atoms with van der Waals surface area (Å²) in [4.78, 5) is 24.7. The lowest BCUT2D eigenvalue weighted by Crippen LogP contribution is -2.34. The fourth-order valence-corrected chi connectivity index (χ4v) is 5.03. The van der Waals surface area contributed by atoms with Crippen LogP contribution >= 0.6 is 11.6 Å². The van der Waals surface area contributed by atoms with Crippen LogP contribution in [0.2, 0.25) is 5.02 Å². The Morgan fingerprint density at radius 2 is 2.00 bits per heavy atom. The number of anilines is 1. The lowest BCUT2D eigenvalue weighted by Gasteiger charge is -2.22. The normalized spacial score (nSPS) is 15.9. The van der Waals surface area contributed by atoms with Gasteiger partial charge in [-0.25, -0.2) is 8.42 Å². The molecule has 29 heavy (non-hydrogen) atoms. The van der Waals surface area contributed by atoms with Gasteiger partial charge in [-0.3, -0.25) is 19.2 Å². The summed E-state index contributed by atoms with van der Waals surface area (Å²) in [7, 11) is -1.82. The molecule has 0 unspecified atom stereocenters. The van der Waals surface area contributed by atoms with Gasteiger partial charge < -0.3 is 4.90 Å². The van der Waals surface area contributed by atoms with Gasteiger partial charge >= 0.3 is 0 Å². The van der Waals surface area contributed by atoms with Gasteiger partial charge in [-0.15, -0.1) is 0 Å². The molecule has 2 aromatic rings. The first-order valence-corrected chi connectivity index (χ1v) is 11.0. The molecule has 1 aliphatic rings. The highest BCUT2D eigenvalue weighted by Crippen LogP contribution is 2.35. The predicted molar refractivity (Wildman–Crippen MR) is 111 cm³/mol. The van der Waals surface area contributed by atoms with Crippen molar-refractivity contribution in [3.63, 3.8) is 0 Å². The van der Waals surface area contributed by atoms with Crippen LogP contribution in [0.25, 0.3) is 0 Å². The van der Waals surface area contributed by atoms with Crippen molar-refractivity contribution in [3.8, 4) is 0 Å². The molecule has 3 rings (SSSR count). The number of hydrogen-bond donors (Lipinski definition) is 0. The maximum Gasteiger partial charge on any atom is 0.269 e. The van der Waals surface area contributed by atoms with Crippen molar-refractivity contribution in [1.29, 1.82) is 0 Å². The maximum atomic E-state index is 12.9. The quantitative estimate of drug-likeness (QED) is 0.528. The Bertz CT molecular complexity index is 1100. The summed E-state index contributed by atoms with van der Waals surface area (Å²) < 4.78 is 25.4. The number of nitro groups is 1. The molecule has 0 N–H and O–H groups in total. The topological polar surface area (TPSA) is 101 Å². The van der Waals surface area contributed by atoms with Gasteiger partial charge in [-0.05, 0) is 48.7 Å². The van der Waals surface area contributed by atoms with Crippen LogP contribution in [0.3, 0.4) is 0 Å². The summed E-state index contributed by atoms with van der Waals surface area (Å²) in [5.41, 5.74) is 2.15. The van der Waals surface area contributed by atoms with Crippen LogP contribution in [0, 0.1) is 10.1 Å². The minimum absolute atomic E-state index is 0.0994. The molecule has 0 bridgehead atoms. The number of nitrogens with zero attached hydrogens (tertiary/aromatic N) is 3. The van der Waals surface area contributed by atoms with Crippen molar-refractivity contribution in [2.24, 2.45) is 0 Å². The lowest BCUT2D eigenvalue weighted by molar-refractivity contribution is -0.384. The standard InChI is InChI=1S/C19H20ClN3O5S/c1-12-8-14-9-13(4-7-18(14)22(12)29(3,27)28)19(24)21(2)11-15-10-16(23(25)26)5-6-17(15)20/h4-7,9-10,12H,8,11H2,1-3H3/t12-/m1/s1. The molecule has 0 fully saturated rings. The molecule has 10 heteroatoms. The molecule has 0 saturated heterocycles. The van der Waals surface area contributed by atoms with Crippen molar-refractivity contribution < 1.29 is 18.1 Å². The number of rotatable bonds is 5. The van der Waals surface area contributed by atoms with Crippen LogP contribution in [0.1, 0.15) is 28.4 Å². The second-order valence-corrected chi connectivity index (χ2v) is 9.42. The van der Waals surface area contributed by atoms with Gasteiger partial charge in [0, 0.05) is 42.4 Å². The number of fused-ring (bicyclic) bond motifs is 1. The van der Waals surface area contributed by atoms with Gasteiger partial charge in [0.05, 0.1) is 16.9 Å². The van der Waals surface area contributed by atoms with E-state index in [1.165, 1.54) is 27.4 Å². The summed E-state index contributed by atoms with van der Waals surface area (Å²) in [5, 5.41) is 11.3. The van der Waals surface area contributed by atoms with Gasteiger partial charge in [-0.1, -0.05) is 11.6 Å². The molecule has 1 heterocycles. The van der Waals surface area contributed by atoms with Crippen LogP contribution in [0.15, 0.2) is 36.4 Å². The van der Waals surface area contributed by atoms with E-state index in [1.54, 1.807) is 25.2 Å². The molecule has 2 aromatic carbocycles. The summed E-state index contributed by atoms with van der Waals surface area (Å²) in [6.45, 7) is 1.92. The monoisotopic (exact) mass is 437 g/mol. The number of benzene rings is 2. The molecule has 154 valence electrons. The van der Waals surface area contributed by atoms with E-state index in [2.05, 4.69) is 0 Å². The second kappa shape index (κ2) is 7.64. The zero-order chi connectivity index (χ0) is 21.5. The second-order valence-electron chi connectivity index (χ2n) is 7.15. The number of carbonyl (C=O) groups excluding carboxylic acids is 1. The minimum atomic E-state index is -3.40. The number of sulfonamides is 1. The fourth-order valence-electron chi connectivity index (χ4n) is 3.58. The maximum absolute atomic E-state index is 12.9. The van der Waals surface area contributed by atoms with Crippen molar-refractivity contribution >= 4 is 38.9 Å². The first-order chi connectivity index (χ1) is 13.5. The number of hydrogen-bond acceptors (Lipinski definition) is 5. The van der Waals surface area contributed by atoms with E-state index < -0.39 is 14.9 Å². The van der Waals surface area contributed by atoms with Crippen LogP contribution in [-0.4, -0.2) is 43.5 Å². The average molecular weight is 438 g/mol. The Kier molecular flexibility index (Phi) is 5.55. The lowest BCUT2D eigenvalue weighted by atomic mass is 10.1. The third-order valence-corrected chi connectivity index (χ3v) is 6.47. The van der Waals surface area contributed by atoms with Crippen molar-refractivity contribution in [3.05, 3.63) is 68.2 Å². The van der Waals surface area contributed by atoms with Crippen LogP contribution < -0.4 is 4.31 Å². The Balaban J connectivity index is 1.84. The van der Waals surface area contributed by atoms with Gasteiger partial charge in [0.2, 0.25) is 10.0 Å². The Labute approximate surface area is 173 Å². The van der Waals surface area contributed by atoms with E-state index in [0.717, 1.165) is 11.8 Å². The molecule has 1 amide bonds. The first-order valence-electron chi connectivity index (χ1n) is 8.79. The van der Waals surface area contributed by atoms with E-state index in [-0.39, 0.29) is 24.2 Å². The third kappa shape index (κ3) is 4.20. The molecule has 8 nitrogen and oxygen atoms in total. The number of halogens is 1. The molecule has 0 saturated carbocycles. The number of nitro benzene ring substituents is 1. The molecule has 1 aliphatic heterocycles. The summed E-state index contributed by atoms with van der Waals surface area (Å²) in [5.74, 6) is -0.291. The van der Waals surface area contributed by atoms with Gasteiger partial charge in [-0.2, -0.15) is 0 Å².